The fourth-order valence-electron chi connectivity index (χ4n) is 3.39. The molecule has 6 nitrogen and oxygen atoms in total. The van der Waals surface area contributed by atoms with Crippen LogP contribution in [0.5, 0.6) is 0 Å². The van der Waals surface area contributed by atoms with Gasteiger partial charge in [-0.1, -0.05) is 0 Å². The van der Waals surface area contributed by atoms with E-state index in [9.17, 15) is 8.78 Å². The molecule has 0 N–H and O–H groups in total. The second-order valence-electron chi connectivity index (χ2n) is 6.67. The summed E-state index contributed by atoms with van der Waals surface area (Å²) in [5.41, 5.74) is 1.87. The first kappa shape index (κ1) is 16.6. The summed E-state index contributed by atoms with van der Waals surface area (Å²) in [4.78, 5) is 20.9. The average Bonchev–Trinajstić information content (AvgIpc) is 3.35. The van der Waals surface area contributed by atoms with Gasteiger partial charge >= 0.3 is 0 Å². The number of halogens is 2. The molecule has 0 unspecified atom stereocenters. The van der Waals surface area contributed by atoms with Gasteiger partial charge in [0.15, 0.2) is 23.3 Å². The van der Waals surface area contributed by atoms with Gasteiger partial charge in [0.1, 0.15) is 0 Å². The molecule has 0 aliphatic heterocycles. The van der Waals surface area contributed by atoms with Gasteiger partial charge in [-0.3, -0.25) is 0 Å². The van der Waals surface area contributed by atoms with Gasteiger partial charge in [-0.05, 0) is 47.6 Å². The lowest BCUT2D eigenvalue weighted by molar-refractivity contribution is 0.502. The number of hydrogen-bond acceptors (Lipinski definition) is 5. The quantitative estimate of drug-likeness (QED) is 0.544. The van der Waals surface area contributed by atoms with Crippen LogP contribution >= 0.6 is 0 Å². The number of imidazole rings is 1. The van der Waals surface area contributed by atoms with E-state index in [2.05, 4.69) is 24.9 Å². The molecule has 138 valence electrons. The lowest BCUT2D eigenvalue weighted by Crippen LogP contribution is -2.00. The lowest BCUT2D eigenvalue weighted by Gasteiger charge is -2.09. The van der Waals surface area contributed by atoms with E-state index >= 15 is 0 Å². The Bertz CT molecular complexity index is 1110. The number of rotatable bonds is 4. The van der Waals surface area contributed by atoms with Crippen molar-refractivity contribution in [3.63, 3.8) is 0 Å². The third-order valence-corrected chi connectivity index (χ3v) is 4.90. The Morgan fingerprint density at radius 3 is 2.29 bits per heavy atom. The molecule has 0 amide bonds. The standard InChI is InChI=1S/C20H14F2N6/c21-16-6-12(7-17(18(16)22)28-5-4-23-11-28)14-8-15(14)13-9-26-20(27-10-13)19-24-2-1-3-25-19/h1-7,9-11,14-15H,8H2/t14-,15+/m1/s1. The molecule has 1 fully saturated rings. The maximum Gasteiger partial charge on any atom is 0.197 e. The molecule has 1 saturated carbocycles. The molecular weight excluding hydrogens is 362 g/mol. The highest BCUT2D eigenvalue weighted by Gasteiger charge is 2.40. The number of benzene rings is 1. The summed E-state index contributed by atoms with van der Waals surface area (Å²) in [6.07, 6.45) is 12.2. The van der Waals surface area contributed by atoms with Crippen molar-refractivity contribution < 1.29 is 8.78 Å². The van der Waals surface area contributed by atoms with E-state index in [1.165, 1.54) is 23.2 Å². The van der Waals surface area contributed by atoms with E-state index in [0.717, 1.165) is 17.5 Å². The fraction of sp³-hybridized carbons (Fsp3) is 0.150. The van der Waals surface area contributed by atoms with Crippen molar-refractivity contribution in [2.45, 2.75) is 18.3 Å². The van der Waals surface area contributed by atoms with Crippen LogP contribution in [0.25, 0.3) is 17.3 Å². The highest BCUT2D eigenvalue weighted by molar-refractivity contribution is 5.45. The van der Waals surface area contributed by atoms with E-state index in [4.69, 9.17) is 0 Å². The van der Waals surface area contributed by atoms with E-state index in [-0.39, 0.29) is 17.5 Å². The largest absolute Gasteiger partial charge is 0.303 e. The van der Waals surface area contributed by atoms with Crippen LogP contribution < -0.4 is 0 Å². The van der Waals surface area contributed by atoms with Crippen molar-refractivity contribution in [2.24, 2.45) is 0 Å². The monoisotopic (exact) mass is 376 g/mol. The molecule has 0 radical (unpaired) electrons. The third kappa shape index (κ3) is 2.92. The minimum atomic E-state index is -0.880. The zero-order chi connectivity index (χ0) is 19.1. The molecule has 1 aliphatic carbocycles. The van der Waals surface area contributed by atoms with Gasteiger partial charge in [-0.25, -0.2) is 33.7 Å². The minimum absolute atomic E-state index is 0.0970. The van der Waals surface area contributed by atoms with E-state index in [0.29, 0.717) is 11.6 Å². The second-order valence-corrected chi connectivity index (χ2v) is 6.67. The van der Waals surface area contributed by atoms with Crippen LogP contribution in [0, 0.1) is 11.6 Å². The Labute approximate surface area is 159 Å². The SMILES string of the molecule is Fc1cc([C@H]2C[C@H]2c2cnc(-c3ncccn3)nc2)cc(-n2ccnc2)c1F. The molecule has 5 rings (SSSR count). The summed E-state index contributed by atoms with van der Waals surface area (Å²) in [6.45, 7) is 0. The van der Waals surface area contributed by atoms with Gasteiger partial charge in [0, 0.05) is 37.2 Å². The summed E-state index contributed by atoms with van der Waals surface area (Å²) < 4.78 is 29.8. The predicted octanol–water partition coefficient (Wildman–Crippen LogP) is 3.67. The van der Waals surface area contributed by atoms with Crippen molar-refractivity contribution >= 4 is 0 Å². The Morgan fingerprint density at radius 2 is 1.57 bits per heavy atom. The highest BCUT2D eigenvalue weighted by atomic mass is 19.2. The molecule has 0 saturated heterocycles. The zero-order valence-electron chi connectivity index (χ0n) is 14.6. The van der Waals surface area contributed by atoms with Gasteiger partial charge in [-0.15, -0.1) is 0 Å². The van der Waals surface area contributed by atoms with Crippen molar-refractivity contribution in [3.8, 4) is 17.3 Å². The molecule has 0 bridgehead atoms. The van der Waals surface area contributed by atoms with Gasteiger partial charge in [0.2, 0.25) is 0 Å². The molecule has 8 heteroatoms. The number of aromatic nitrogens is 6. The summed E-state index contributed by atoms with van der Waals surface area (Å²) in [7, 11) is 0. The van der Waals surface area contributed by atoms with Crippen LogP contribution in [0.15, 0.2) is 61.7 Å². The topological polar surface area (TPSA) is 69.4 Å². The third-order valence-electron chi connectivity index (χ3n) is 4.90. The summed E-state index contributed by atoms with van der Waals surface area (Å²) in [5.74, 6) is -0.552. The van der Waals surface area contributed by atoms with Gasteiger partial charge in [0.05, 0.1) is 12.0 Å². The smallest absolute Gasteiger partial charge is 0.197 e. The molecule has 28 heavy (non-hydrogen) atoms. The van der Waals surface area contributed by atoms with Crippen molar-refractivity contribution in [2.75, 3.05) is 0 Å². The Kier molecular flexibility index (Phi) is 3.89. The summed E-state index contributed by atoms with van der Waals surface area (Å²) >= 11 is 0. The Morgan fingerprint density at radius 1 is 0.857 bits per heavy atom. The molecule has 0 spiro atoms. The zero-order valence-corrected chi connectivity index (χ0v) is 14.6. The van der Waals surface area contributed by atoms with Crippen LogP contribution in [0.4, 0.5) is 8.78 Å². The van der Waals surface area contributed by atoms with E-state index in [1.807, 2.05) is 0 Å². The average molecular weight is 376 g/mol. The highest BCUT2D eigenvalue weighted by Crippen LogP contribution is 2.54. The first-order chi connectivity index (χ1) is 13.7. The number of nitrogens with zero attached hydrogens (tertiary/aromatic N) is 6. The van der Waals surface area contributed by atoms with Crippen molar-refractivity contribution in [3.05, 3.63) is 84.5 Å². The maximum atomic E-state index is 14.2. The van der Waals surface area contributed by atoms with E-state index in [1.54, 1.807) is 43.1 Å². The maximum absolute atomic E-state index is 14.2. The van der Waals surface area contributed by atoms with Gasteiger partial charge < -0.3 is 4.57 Å². The molecule has 3 aromatic heterocycles. The van der Waals surface area contributed by atoms with E-state index < -0.39 is 11.6 Å². The van der Waals surface area contributed by atoms with Crippen LogP contribution in [-0.4, -0.2) is 29.5 Å². The first-order valence-corrected chi connectivity index (χ1v) is 8.77. The van der Waals surface area contributed by atoms with Crippen molar-refractivity contribution in [1.29, 1.82) is 0 Å². The number of hydrogen-bond donors (Lipinski definition) is 0. The molecule has 1 aromatic carbocycles. The first-order valence-electron chi connectivity index (χ1n) is 8.77. The van der Waals surface area contributed by atoms with Crippen LogP contribution in [0.3, 0.4) is 0 Å². The minimum Gasteiger partial charge on any atom is -0.303 e. The van der Waals surface area contributed by atoms with Crippen LogP contribution in [0.2, 0.25) is 0 Å². The molecular formula is C20H14F2N6. The fourth-order valence-corrected chi connectivity index (χ4v) is 3.39. The molecule has 3 heterocycles. The van der Waals surface area contributed by atoms with Crippen LogP contribution in [-0.2, 0) is 0 Å². The molecule has 4 aromatic rings. The summed E-state index contributed by atoms with van der Waals surface area (Å²) in [5, 5.41) is 0. The normalized spacial score (nSPS) is 18.2. The predicted molar refractivity (Wildman–Crippen MR) is 96.6 cm³/mol. The summed E-state index contributed by atoms with van der Waals surface area (Å²) in [6, 6.07) is 4.68. The van der Waals surface area contributed by atoms with Crippen molar-refractivity contribution in [1.82, 2.24) is 29.5 Å². The Hall–Kier alpha value is -3.55. The van der Waals surface area contributed by atoms with Gasteiger partial charge in [-0.2, -0.15) is 0 Å². The molecule has 1 aliphatic rings. The second kappa shape index (κ2) is 6.56. The van der Waals surface area contributed by atoms with Crippen LogP contribution in [0.1, 0.15) is 29.4 Å². The Balaban J connectivity index is 1.40. The lowest BCUT2D eigenvalue weighted by atomic mass is 10.1. The molecule has 2 atom stereocenters. The van der Waals surface area contributed by atoms with Gasteiger partial charge in [0.25, 0.3) is 0 Å².